The molecule has 1 heterocycles. The summed E-state index contributed by atoms with van der Waals surface area (Å²) in [6.07, 6.45) is 1.61. The second kappa shape index (κ2) is 11.1. The predicted molar refractivity (Wildman–Crippen MR) is 133 cm³/mol. The molecule has 3 aromatic rings. The molecule has 0 atom stereocenters. The molecule has 0 aliphatic carbocycles. The number of imide groups is 1. The van der Waals surface area contributed by atoms with Gasteiger partial charge in [0.1, 0.15) is 24.8 Å². The molecule has 0 unspecified atom stereocenters. The number of thioether (sulfide) groups is 1. The van der Waals surface area contributed by atoms with Crippen LogP contribution in [0.5, 0.6) is 17.2 Å². The van der Waals surface area contributed by atoms with Gasteiger partial charge < -0.3 is 14.2 Å². The van der Waals surface area contributed by atoms with Gasteiger partial charge in [-0.1, -0.05) is 42.0 Å². The fourth-order valence-electron chi connectivity index (χ4n) is 3.42. The van der Waals surface area contributed by atoms with E-state index in [-0.39, 0.29) is 17.0 Å². The minimum Gasteiger partial charge on any atom is -0.493 e. The van der Waals surface area contributed by atoms with E-state index in [1.165, 1.54) is 13.2 Å². The maximum absolute atomic E-state index is 14.0. The number of nitrogens with zero attached hydrogens (tertiary/aromatic N) is 1. The molecule has 6 nitrogen and oxygen atoms in total. The van der Waals surface area contributed by atoms with Gasteiger partial charge in [-0.3, -0.25) is 14.5 Å². The minimum absolute atomic E-state index is 0.116. The van der Waals surface area contributed by atoms with E-state index in [0.29, 0.717) is 30.3 Å². The molecule has 0 N–H and O–H groups in total. The summed E-state index contributed by atoms with van der Waals surface area (Å²) in [4.78, 5) is 26.5. The van der Waals surface area contributed by atoms with Gasteiger partial charge in [0.2, 0.25) is 0 Å². The van der Waals surface area contributed by atoms with Crippen molar-refractivity contribution in [2.75, 3.05) is 20.3 Å². The first kappa shape index (κ1) is 24.3. The number of carbonyl (C=O) groups excluding carboxylic acids is 2. The third kappa shape index (κ3) is 6.02. The highest BCUT2D eigenvalue weighted by atomic mass is 32.2. The molecule has 1 aliphatic heterocycles. The van der Waals surface area contributed by atoms with E-state index in [1.54, 1.807) is 42.5 Å². The van der Waals surface area contributed by atoms with Gasteiger partial charge >= 0.3 is 0 Å². The summed E-state index contributed by atoms with van der Waals surface area (Å²) < 4.78 is 30.9. The van der Waals surface area contributed by atoms with Crippen LogP contribution < -0.4 is 14.2 Å². The highest BCUT2D eigenvalue weighted by Gasteiger charge is 2.35. The number of benzene rings is 3. The van der Waals surface area contributed by atoms with Gasteiger partial charge in [0.25, 0.3) is 11.1 Å². The molecule has 1 aliphatic rings. The Labute approximate surface area is 207 Å². The van der Waals surface area contributed by atoms with Crippen molar-refractivity contribution in [3.8, 4) is 17.2 Å². The highest BCUT2D eigenvalue weighted by Crippen LogP contribution is 2.35. The van der Waals surface area contributed by atoms with Crippen LogP contribution in [0.15, 0.2) is 71.6 Å². The molecule has 2 amide bonds. The Morgan fingerprint density at radius 2 is 1.69 bits per heavy atom. The maximum atomic E-state index is 14.0. The van der Waals surface area contributed by atoms with Crippen LogP contribution >= 0.6 is 11.8 Å². The van der Waals surface area contributed by atoms with Crippen molar-refractivity contribution in [3.05, 3.63) is 94.1 Å². The van der Waals surface area contributed by atoms with Crippen molar-refractivity contribution in [3.63, 3.8) is 0 Å². The molecule has 0 saturated carbocycles. The van der Waals surface area contributed by atoms with E-state index in [4.69, 9.17) is 14.2 Å². The summed E-state index contributed by atoms with van der Waals surface area (Å²) in [6, 6.07) is 19.1. The Morgan fingerprint density at radius 3 is 2.43 bits per heavy atom. The van der Waals surface area contributed by atoms with Crippen LogP contribution in [-0.2, 0) is 11.3 Å². The Kier molecular flexibility index (Phi) is 7.72. The number of halogens is 1. The number of rotatable bonds is 9. The smallest absolute Gasteiger partial charge is 0.293 e. The van der Waals surface area contributed by atoms with Crippen LogP contribution in [0, 0.1) is 12.7 Å². The van der Waals surface area contributed by atoms with Crippen molar-refractivity contribution in [2.24, 2.45) is 0 Å². The van der Waals surface area contributed by atoms with Gasteiger partial charge in [0.15, 0.2) is 11.5 Å². The first-order valence-electron chi connectivity index (χ1n) is 10.9. The lowest BCUT2D eigenvalue weighted by atomic mass is 10.1. The number of carbonyl (C=O) groups is 2. The average Bonchev–Trinajstić information content (AvgIpc) is 3.12. The van der Waals surface area contributed by atoms with Gasteiger partial charge in [0.05, 0.1) is 18.6 Å². The van der Waals surface area contributed by atoms with Gasteiger partial charge in [0, 0.05) is 5.56 Å². The van der Waals surface area contributed by atoms with Crippen molar-refractivity contribution in [1.82, 2.24) is 4.90 Å². The highest BCUT2D eigenvalue weighted by molar-refractivity contribution is 8.18. The summed E-state index contributed by atoms with van der Waals surface area (Å²) in [5.74, 6) is 0.867. The molecular weight excluding hydrogens is 469 g/mol. The molecule has 1 saturated heterocycles. The fraction of sp³-hybridized carbons (Fsp3) is 0.185. The molecule has 0 bridgehead atoms. The SMILES string of the molecule is COc1cc(/C=C2\SC(=O)N(Cc3ccccc3F)C2=O)ccc1OCCOc1ccc(C)cc1. The number of ether oxygens (including phenoxy) is 3. The Morgan fingerprint density at radius 1 is 0.943 bits per heavy atom. The number of methoxy groups -OCH3 is 1. The van der Waals surface area contributed by atoms with Crippen LogP contribution in [0.25, 0.3) is 6.08 Å². The monoisotopic (exact) mass is 493 g/mol. The first-order valence-corrected chi connectivity index (χ1v) is 11.8. The molecule has 8 heteroatoms. The third-order valence-electron chi connectivity index (χ3n) is 5.28. The van der Waals surface area contributed by atoms with E-state index >= 15 is 0 Å². The van der Waals surface area contributed by atoms with E-state index in [2.05, 4.69) is 0 Å². The fourth-order valence-corrected chi connectivity index (χ4v) is 4.26. The third-order valence-corrected chi connectivity index (χ3v) is 6.18. The normalized spacial score (nSPS) is 14.5. The predicted octanol–water partition coefficient (Wildman–Crippen LogP) is 5.84. The second-order valence-electron chi connectivity index (χ2n) is 7.78. The zero-order chi connectivity index (χ0) is 24.8. The van der Waals surface area contributed by atoms with Crippen LogP contribution in [-0.4, -0.2) is 36.4 Å². The van der Waals surface area contributed by atoms with Crippen LogP contribution in [0.3, 0.4) is 0 Å². The summed E-state index contributed by atoms with van der Waals surface area (Å²) >= 11 is 0.822. The van der Waals surface area contributed by atoms with E-state index < -0.39 is 17.0 Å². The number of amides is 2. The topological polar surface area (TPSA) is 65.1 Å². The molecule has 0 aromatic heterocycles. The first-order chi connectivity index (χ1) is 16.9. The summed E-state index contributed by atoms with van der Waals surface area (Å²) in [5, 5.41) is -0.440. The Hall–Kier alpha value is -3.78. The number of aryl methyl sites for hydroxylation is 1. The Bertz CT molecular complexity index is 1260. The summed E-state index contributed by atoms with van der Waals surface area (Å²) in [6.45, 7) is 2.58. The quantitative estimate of drug-likeness (QED) is 0.276. The number of hydrogen-bond donors (Lipinski definition) is 0. The van der Waals surface area contributed by atoms with Crippen molar-refractivity contribution < 1.29 is 28.2 Å². The molecule has 35 heavy (non-hydrogen) atoms. The zero-order valence-corrected chi connectivity index (χ0v) is 20.1. The standard InChI is InChI=1S/C27H24FNO5S/c1-18-7-10-21(11-8-18)33-13-14-34-23-12-9-19(15-24(23)32-2)16-25-26(30)29(27(31)35-25)17-20-5-3-4-6-22(20)28/h3-12,15-16H,13-14,17H2,1-2H3/b25-16-. The lowest BCUT2D eigenvalue weighted by molar-refractivity contribution is -0.123. The van der Waals surface area contributed by atoms with Crippen LogP contribution in [0.1, 0.15) is 16.7 Å². The van der Waals surface area contributed by atoms with Gasteiger partial charge in [-0.15, -0.1) is 0 Å². The van der Waals surface area contributed by atoms with Crippen molar-refractivity contribution >= 4 is 29.0 Å². The molecular formula is C27H24FNO5S. The van der Waals surface area contributed by atoms with Crippen LogP contribution in [0.2, 0.25) is 0 Å². The summed E-state index contributed by atoms with van der Waals surface area (Å²) in [7, 11) is 1.52. The second-order valence-corrected chi connectivity index (χ2v) is 8.77. The molecule has 0 radical (unpaired) electrons. The maximum Gasteiger partial charge on any atom is 0.293 e. The van der Waals surface area contributed by atoms with Gasteiger partial charge in [-0.2, -0.15) is 0 Å². The minimum atomic E-state index is -0.462. The summed E-state index contributed by atoms with van der Waals surface area (Å²) in [5.41, 5.74) is 2.11. The van der Waals surface area contributed by atoms with Crippen LogP contribution in [0.4, 0.5) is 9.18 Å². The van der Waals surface area contributed by atoms with Gasteiger partial charge in [-0.05, 0) is 60.7 Å². The molecule has 3 aromatic carbocycles. The molecule has 1 fully saturated rings. The molecule has 4 rings (SSSR count). The van der Waals surface area contributed by atoms with Crippen molar-refractivity contribution in [1.29, 1.82) is 0 Å². The van der Waals surface area contributed by atoms with E-state index in [1.807, 2.05) is 31.2 Å². The van der Waals surface area contributed by atoms with E-state index in [9.17, 15) is 14.0 Å². The zero-order valence-electron chi connectivity index (χ0n) is 19.3. The lowest BCUT2D eigenvalue weighted by Crippen LogP contribution is -2.27. The largest absolute Gasteiger partial charge is 0.493 e. The Balaban J connectivity index is 1.39. The lowest BCUT2D eigenvalue weighted by Gasteiger charge is -2.13. The molecule has 180 valence electrons. The van der Waals surface area contributed by atoms with Crippen molar-refractivity contribution in [2.45, 2.75) is 13.5 Å². The number of hydrogen-bond acceptors (Lipinski definition) is 6. The average molecular weight is 494 g/mol. The van der Waals surface area contributed by atoms with E-state index in [0.717, 1.165) is 28.0 Å². The molecule has 0 spiro atoms. The van der Waals surface area contributed by atoms with Gasteiger partial charge in [-0.25, -0.2) is 4.39 Å².